The highest BCUT2D eigenvalue weighted by atomic mass is 32.1. The molecule has 4 aromatic rings. The van der Waals surface area contributed by atoms with Crippen LogP contribution in [0.15, 0.2) is 48.5 Å². The maximum atomic E-state index is 13.2. The zero-order valence-corrected chi connectivity index (χ0v) is 18.8. The number of aryl methyl sites for hydroxylation is 2. The molecule has 5 rings (SSSR count). The van der Waals surface area contributed by atoms with Crippen LogP contribution in [0.1, 0.15) is 22.5 Å². The first-order chi connectivity index (χ1) is 15.6. The molecule has 1 atom stereocenters. The Hall–Kier alpha value is -3.30. The number of anilines is 2. The van der Waals surface area contributed by atoms with Gasteiger partial charge in [-0.05, 0) is 43.5 Å². The zero-order chi connectivity index (χ0) is 22.1. The van der Waals surface area contributed by atoms with E-state index in [9.17, 15) is 4.79 Å². The molecular weight excluding hydrogens is 424 g/mol. The second-order valence-corrected chi connectivity index (χ2v) is 9.01. The van der Waals surface area contributed by atoms with Crippen molar-refractivity contribution in [3.05, 3.63) is 64.9 Å². The van der Waals surface area contributed by atoms with E-state index in [1.807, 2.05) is 49.1 Å². The lowest BCUT2D eigenvalue weighted by atomic mass is 10.2. The second kappa shape index (κ2) is 8.68. The van der Waals surface area contributed by atoms with Gasteiger partial charge in [0.2, 0.25) is 11.0 Å². The summed E-state index contributed by atoms with van der Waals surface area (Å²) in [6.07, 6.45) is -0.270. The fraction of sp³-hybridized carbons (Fsp3) is 0.304. The molecule has 32 heavy (non-hydrogen) atoms. The van der Waals surface area contributed by atoms with Gasteiger partial charge in [0.15, 0.2) is 0 Å². The number of aromatic nitrogens is 4. The van der Waals surface area contributed by atoms with E-state index in [2.05, 4.69) is 43.3 Å². The molecule has 3 aromatic heterocycles. The normalized spacial score (nSPS) is 16.4. The number of para-hydroxylation sites is 1. The van der Waals surface area contributed by atoms with Crippen molar-refractivity contribution in [1.29, 1.82) is 0 Å². The third-order valence-electron chi connectivity index (χ3n) is 5.59. The molecule has 1 aliphatic rings. The fourth-order valence-corrected chi connectivity index (χ4v) is 4.60. The summed E-state index contributed by atoms with van der Waals surface area (Å²) in [5.74, 6) is 0.765. The SMILES string of the molecule is Cc1nnc(Nc2cccc(C3CN(C(=O)Cn4c(C)cc5ccccc54)CCO3)n2)s1. The van der Waals surface area contributed by atoms with Crippen molar-refractivity contribution in [2.24, 2.45) is 0 Å². The number of carbonyl (C=O) groups excluding carboxylic acids is 1. The predicted molar refractivity (Wildman–Crippen MR) is 124 cm³/mol. The van der Waals surface area contributed by atoms with Crippen molar-refractivity contribution in [3.8, 4) is 0 Å². The van der Waals surface area contributed by atoms with Crippen LogP contribution >= 0.6 is 11.3 Å². The Morgan fingerprint density at radius 3 is 2.91 bits per heavy atom. The number of carbonyl (C=O) groups is 1. The molecule has 0 saturated carbocycles. The number of benzene rings is 1. The van der Waals surface area contributed by atoms with Gasteiger partial charge in [0.25, 0.3) is 0 Å². The number of rotatable bonds is 5. The largest absolute Gasteiger partial charge is 0.368 e. The lowest BCUT2D eigenvalue weighted by Crippen LogP contribution is -2.43. The van der Waals surface area contributed by atoms with Crippen LogP contribution in [-0.2, 0) is 16.1 Å². The summed E-state index contributed by atoms with van der Waals surface area (Å²) < 4.78 is 8.04. The number of amides is 1. The number of ether oxygens (including phenoxy) is 1. The van der Waals surface area contributed by atoms with Gasteiger partial charge < -0.3 is 19.5 Å². The molecule has 1 amide bonds. The van der Waals surface area contributed by atoms with Crippen molar-refractivity contribution >= 4 is 39.1 Å². The molecule has 4 heterocycles. The molecule has 0 spiro atoms. The molecule has 1 fully saturated rings. The van der Waals surface area contributed by atoms with Crippen molar-refractivity contribution < 1.29 is 9.53 Å². The van der Waals surface area contributed by atoms with Crippen LogP contribution in [0, 0.1) is 13.8 Å². The number of fused-ring (bicyclic) bond motifs is 1. The van der Waals surface area contributed by atoms with E-state index in [0.29, 0.717) is 37.2 Å². The third kappa shape index (κ3) is 4.21. The first-order valence-electron chi connectivity index (χ1n) is 10.5. The second-order valence-electron chi connectivity index (χ2n) is 7.83. The van der Waals surface area contributed by atoms with Crippen LogP contribution in [0.25, 0.3) is 10.9 Å². The van der Waals surface area contributed by atoms with Gasteiger partial charge in [-0.25, -0.2) is 4.98 Å². The van der Waals surface area contributed by atoms with Gasteiger partial charge >= 0.3 is 0 Å². The Morgan fingerprint density at radius 2 is 2.06 bits per heavy atom. The van der Waals surface area contributed by atoms with E-state index in [1.54, 1.807) is 0 Å². The first-order valence-corrected chi connectivity index (χ1v) is 11.4. The standard InChI is InChI=1S/C23H24N6O2S/c1-15-12-17-6-3-4-8-19(17)29(15)14-22(30)28-10-11-31-20(13-28)18-7-5-9-21(24-18)25-23-27-26-16(2)32-23/h3-9,12,20H,10-11,13-14H2,1-2H3,(H,24,25,27). The van der Waals surface area contributed by atoms with Gasteiger partial charge in [-0.15, -0.1) is 10.2 Å². The zero-order valence-electron chi connectivity index (χ0n) is 18.0. The van der Waals surface area contributed by atoms with Crippen LogP contribution in [0.2, 0.25) is 0 Å². The summed E-state index contributed by atoms with van der Waals surface area (Å²) in [5, 5.41) is 14.0. The van der Waals surface area contributed by atoms with Gasteiger partial charge in [-0.2, -0.15) is 0 Å². The van der Waals surface area contributed by atoms with Crippen LogP contribution in [-0.4, -0.2) is 50.3 Å². The smallest absolute Gasteiger partial charge is 0.242 e. The van der Waals surface area contributed by atoms with E-state index < -0.39 is 0 Å². The molecule has 0 radical (unpaired) electrons. The Bertz CT molecular complexity index is 1270. The Kier molecular flexibility index (Phi) is 5.59. The predicted octanol–water partition coefficient (Wildman–Crippen LogP) is 3.85. The summed E-state index contributed by atoms with van der Waals surface area (Å²) in [5.41, 5.74) is 2.95. The van der Waals surface area contributed by atoms with Crippen molar-refractivity contribution in [2.45, 2.75) is 26.5 Å². The van der Waals surface area contributed by atoms with Crippen molar-refractivity contribution in [1.82, 2.24) is 24.6 Å². The maximum Gasteiger partial charge on any atom is 0.242 e. The number of hydrogen-bond acceptors (Lipinski definition) is 7. The molecule has 1 aromatic carbocycles. The molecule has 0 bridgehead atoms. The topological polar surface area (TPSA) is 85.2 Å². The molecule has 8 nitrogen and oxygen atoms in total. The van der Waals surface area contributed by atoms with Crippen molar-refractivity contribution in [2.75, 3.05) is 25.0 Å². The molecule has 0 aliphatic carbocycles. The molecule has 1 unspecified atom stereocenters. The fourth-order valence-electron chi connectivity index (χ4n) is 4.01. The molecule has 9 heteroatoms. The van der Waals surface area contributed by atoms with Gasteiger partial charge in [-0.3, -0.25) is 4.79 Å². The highest BCUT2D eigenvalue weighted by Crippen LogP contribution is 2.25. The average molecular weight is 449 g/mol. The number of hydrogen-bond donors (Lipinski definition) is 1. The van der Waals surface area contributed by atoms with E-state index in [-0.39, 0.29) is 12.0 Å². The highest BCUT2D eigenvalue weighted by molar-refractivity contribution is 7.15. The summed E-state index contributed by atoms with van der Waals surface area (Å²) in [6, 6.07) is 16.0. The minimum absolute atomic E-state index is 0.0846. The maximum absolute atomic E-state index is 13.2. The molecule has 1 N–H and O–H groups in total. The lowest BCUT2D eigenvalue weighted by Gasteiger charge is -2.33. The van der Waals surface area contributed by atoms with E-state index >= 15 is 0 Å². The molecule has 1 saturated heterocycles. The average Bonchev–Trinajstić information content (AvgIpc) is 3.36. The van der Waals surface area contributed by atoms with Gasteiger partial charge in [0.05, 0.1) is 18.8 Å². The Morgan fingerprint density at radius 1 is 1.19 bits per heavy atom. The Labute approximate surface area is 189 Å². The van der Waals surface area contributed by atoms with E-state index in [1.165, 1.54) is 11.3 Å². The van der Waals surface area contributed by atoms with Crippen LogP contribution < -0.4 is 5.32 Å². The summed E-state index contributed by atoms with van der Waals surface area (Å²) in [6.45, 7) is 5.80. The number of nitrogens with one attached hydrogen (secondary N) is 1. The van der Waals surface area contributed by atoms with Gasteiger partial charge in [0, 0.05) is 17.8 Å². The van der Waals surface area contributed by atoms with Gasteiger partial charge in [0.1, 0.15) is 23.5 Å². The summed E-state index contributed by atoms with van der Waals surface area (Å²) in [7, 11) is 0. The first kappa shape index (κ1) is 20.6. The van der Waals surface area contributed by atoms with Crippen LogP contribution in [0.3, 0.4) is 0 Å². The number of nitrogens with zero attached hydrogens (tertiary/aromatic N) is 5. The quantitative estimate of drug-likeness (QED) is 0.499. The minimum Gasteiger partial charge on any atom is -0.368 e. The Balaban J connectivity index is 1.29. The number of pyridine rings is 1. The van der Waals surface area contributed by atoms with Crippen LogP contribution in [0.5, 0.6) is 0 Å². The molecular formula is C23H24N6O2S. The molecule has 1 aliphatic heterocycles. The lowest BCUT2D eigenvalue weighted by molar-refractivity contribution is -0.139. The van der Waals surface area contributed by atoms with Crippen molar-refractivity contribution in [3.63, 3.8) is 0 Å². The molecule has 164 valence electrons. The third-order valence-corrected chi connectivity index (χ3v) is 6.35. The highest BCUT2D eigenvalue weighted by Gasteiger charge is 2.27. The minimum atomic E-state index is -0.270. The van der Waals surface area contributed by atoms with E-state index in [4.69, 9.17) is 4.74 Å². The number of morpholine rings is 1. The monoisotopic (exact) mass is 448 g/mol. The van der Waals surface area contributed by atoms with E-state index in [0.717, 1.165) is 27.3 Å². The van der Waals surface area contributed by atoms with Gasteiger partial charge in [-0.1, -0.05) is 35.6 Å². The summed E-state index contributed by atoms with van der Waals surface area (Å²) in [4.78, 5) is 19.7. The van der Waals surface area contributed by atoms with Crippen LogP contribution in [0.4, 0.5) is 10.9 Å². The summed E-state index contributed by atoms with van der Waals surface area (Å²) >= 11 is 1.47.